The van der Waals surface area contributed by atoms with Crippen LogP contribution in [-0.4, -0.2) is 18.1 Å². The summed E-state index contributed by atoms with van der Waals surface area (Å²) in [5, 5.41) is 0. The Kier molecular flexibility index (Phi) is 6.87. The van der Waals surface area contributed by atoms with E-state index in [1.54, 1.807) is 0 Å². The van der Waals surface area contributed by atoms with Gasteiger partial charge in [0.05, 0.1) is 5.60 Å². The lowest BCUT2D eigenvalue weighted by Gasteiger charge is -2.27. The number of halogens is 1. The number of alkyl halides is 1. The van der Waals surface area contributed by atoms with Gasteiger partial charge in [0, 0.05) is 12.5 Å². The molecule has 12 heavy (non-hydrogen) atoms. The van der Waals surface area contributed by atoms with E-state index >= 15 is 0 Å². The van der Waals surface area contributed by atoms with Gasteiger partial charge in [0.1, 0.15) is 0 Å². The molecule has 1 unspecified atom stereocenters. The van der Waals surface area contributed by atoms with Crippen LogP contribution in [0.2, 0.25) is 0 Å². The van der Waals surface area contributed by atoms with E-state index in [0.717, 1.165) is 25.9 Å². The third kappa shape index (κ3) is 5.00. The highest BCUT2D eigenvalue weighted by molar-refractivity contribution is 6.17. The number of rotatable bonds is 7. The molecule has 0 saturated carbocycles. The Morgan fingerprint density at radius 2 is 2.00 bits per heavy atom. The van der Waals surface area contributed by atoms with Crippen molar-refractivity contribution in [3.8, 4) is 0 Å². The Morgan fingerprint density at radius 3 is 2.42 bits per heavy atom. The van der Waals surface area contributed by atoms with Gasteiger partial charge in [-0.1, -0.05) is 20.3 Å². The number of hydrogen-bond acceptors (Lipinski definition) is 1. The second-order valence-electron chi connectivity index (χ2n) is 3.44. The molecule has 0 aromatic rings. The molecule has 0 rings (SSSR count). The van der Waals surface area contributed by atoms with Crippen molar-refractivity contribution < 1.29 is 4.74 Å². The molecule has 1 nitrogen and oxygen atoms in total. The molecule has 0 heterocycles. The summed E-state index contributed by atoms with van der Waals surface area (Å²) >= 11 is 5.70. The van der Waals surface area contributed by atoms with Crippen molar-refractivity contribution in [2.24, 2.45) is 0 Å². The maximum Gasteiger partial charge on any atom is 0.0663 e. The van der Waals surface area contributed by atoms with E-state index in [-0.39, 0.29) is 5.60 Å². The van der Waals surface area contributed by atoms with Gasteiger partial charge in [-0.15, -0.1) is 11.6 Å². The lowest BCUT2D eigenvalue weighted by atomic mass is 10.00. The summed E-state index contributed by atoms with van der Waals surface area (Å²) in [6.07, 6.45) is 4.34. The Labute approximate surface area is 81.4 Å². The maximum atomic E-state index is 5.78. The van der Waals surface area contributed by atoms with Crippen LogP contribution in [0.5, 0.6) is 0 Å². The van der Waals surface area contributed by atoms with Crippen molar-refractivity contribution in [1.29, 1.82) is 0 Å². The molecule has 0 bridgehead atoms. The summed E-state index contributed by atoms with van der Waals surface area (Å²) < 4.78 is 5.78. The molecule has 0 aliphatic heterocycles. The normalized spacial score (nSPS) is 16.0. The highest BCUT2D eigenvalue weighted by atomic mass is 35.5. The SMILES string of the molecule is CCCCOC(C)(CC)CCCl. The average Bonchev–Trinajstić information content (AvgIpc) is 2.06. The lowest BCUT2D eigenvalue weighted by Crippen LogP contribution is -2.28. The van der Waals surface area contributed by atoms with Gasteiger partial charge < -0.3 is 4.74 Å². The third-order valence-electron chi connectivity index (χ3n) is 2.32. The third-order valence-corrected chi connectivity index (χ3v) is 2.51. The molecular weight excluding hydrogens is 172 g/mol. The van der Waals surface area contributed by atoms with Crippen molar-refractivity contribution in [2.45, 2.75) is 52.1 Å². The Bertz CT molecular complexity index is 106. The molecule has 0 N–H and O–H groups in total. The predicted octanol–water partition coefficient (Wildman–Crippen LogP) is 3.60. The van der Waals surface area contributed by atoms with Crippen molar-refractivity contribution in [2.75, 3.05) is 12.5 Å². The van der Waals surface area contributed by atoms with Crippen LogP contribution in [0.4, 0.5) is 0 Å². The zero-order valence-corrected chi connectivity index (χ0v) is 9.28. The van der Waals surface area contributed by atoms with Crippen LogP contribution in [0.1, 0.15) is 46.5 Å². The van der Waals surface area contributed by atoms with Gasteiger partial charge in [-0.25, -0.2) is 0 Å². The highest BCUT2D eigenvalue weighted by Gasteiger charge is 2.21. The molecule has 0 spiro atoms. The molecule has 2 heteroatoms. The average molecular weight is 193 g/mol. The maximum absolute atomic E-state index is 5.78. The van der Waals surface area contributed by atoms with Crippen LogP contribution in [0.3, 0.4) is 0 Å². The molecule has 0 aromatic heterocycles. The highest BCUT2D eigenvalue weighted by Crippen LogP contribution is 2.20. The summed E-state index contributed by atoms with van der Waals surface area (Å²) in [6, 6.07) is 0. The van der Waals surface area contributed by atoms with E-state index in [1.807, 2.05) is 0 Å². The topological polar surface area (TPSA) is 9.23 Å². The van der Waals surface area contributed by atoms with Gasteiger partial charge >= 0.3 is 0 Å². The number of hydrogen-bond donors (Lipinski definition) is 0. The quantitative estimate of drug-likeness (QED) is 0.443. The van der Waals surface area contributed by atoms with Gasteiger partial charge in [-0.05, 0) is 26.2 Å². The molecule has 0 aromatic carbocycles. The zero-order valence-electron chi connectivity index (χ0n) is 8.53. The largest absolute Gasteiger partial charge is 0.375 e. The van der Waals surface area contributed by atoms with E-state index < -0.39 is 0 Å². The van der Waals surface area contributed by atoms with Gasteiger partial charge in [0.2, 0.25) is 0 Å². The molecule has 1 atom stereocenters. The minimum absolute atomic E-state index is 0.0108. The zero-order chi connectivity index (χ0) is 9.45. The molecule has 0 fully saturated rings. The number of ether oxygens (including phenoxy) is 1. The molecule has 0 amide bonds. The monoisotopic (exact) mass is 192 g/mol. The van der Waals surface area contributed by atoms with Gasteiger partial charge in [0.15, 0.2) is 0 Å². The standard InChI is InChI=1S/C10H21ClO/c1-4-6-9-12-10(3,5-2)7-8-11/h4-9H2,1-3H3. The summed E-state index contributed by atoms with van der Waals surface area (Å²) in [5.74, 6) is 0.691. The van der Waals surface area contributed by atoms with E-state index in [2.05, 4.69) is 20.8 Å². The van der Waals surface area contributed by atoms with Crippen LogP contribution in [0, 0.1) is 0 Å². The van der Waals surface area contributed by atoms with Crippen LogP contribution in [0.15, 0.2) is 0 Å². The van der Waals surface area contributed by atoms with E-state index in [0.29, 0.717) is 5.88 Å². The minimum atomic E-state index is 0.0108. The van der Waals surface area contributed by atoms with Crippen molar-refractivity contribution in [1.82, 2.24) is 0 Å². The molecular formula is C10H21ClO. The van der Waals surface area contributed by atoms with E-state index in [4.69, 9.17) is 16.3 Å². The van der Waals surface area contributed by atoms with Crippen LogP contribution >= 0.6 is 11.6 Å². The van der Waals surface area contributed by atoms with E-state index in [1.165, 1.54) is 6.42 Å². The minimum Gasteiger partial charge on any atom is -0.375 e. The molecule has 74 valence electrons. The van der Waals surface area contributed by atoms with Gasteiger partial charge in [0.25, 0.3) is 0 Å². The molecule has 0 aliphatic carbocycles. The van der Waals surface area contributed by atoms with Crippen LogP contribution in [0.25, 0.3) is 0 Å². The van der Waals surface area contributed by atoms with Gasteiger partial charge in [-0.2, -0.15) is 0 Å². The second kappa shape index (κ2) is 6.73. The van der Waals surface area contributed by atoms with Crippen LogP contribution in [-0.2, 0) is 4.74 Å². The first-order valence-electron chi connectivity index (χ1n) is 4.88. The number of unbranched alkanes of at least 4 members (excludes halogenated alkanes) is 1. The first-order chi connectivity index (χ1) is 5.68. The van der Waals surface area contributed by atoms with Crippen LogP contribution < -0.4 is 0 Å². The fourth-order valence-corrected chi connectivity index (χ4v) is 1.41. The molecule has 0 aliphatic rings. The summed E-state index contributed by atoms with van der Waals surface area (Å²) in [7, 11) is 0. The smallest absolute Gasteiger partial charge is 0.0663 e. The summed E-state index contributed by atoms with van der Waals surface area (Å²) in [4.78, 5) is 0. The summed E-state index contributed by atoms with van der Waals surface area (Å²) in [6.45, 7) is 7.34. The Morgan fingerprint density at radius 1 is 1.33 bits per heavy atom. The first kappa shape index (κ1) is 12.2. The fourth-order valence-electron chi connectivity index (χ4n) is 1.01. The van der Waals surface area contributed by atoms with Crippen molar-refractivity contribution >= 4 is 11.6 Å². The molecule has 0 radical (unpaired) electrons. The first-order valence-corrected chi connectivity index (χ1v) is 5.42. The second-order valence-corrected chi connectivity index (χ2v) is 3.82. The summed E-state index contributed by atoms with van der Waals surface area (Å²) in [5.41, 5.74) is 0.0108. The Hall–Kier alpha value is 0.250. The predicted molar refractivity (Wildman–Crippen MR) is 54.9 cm³/mol. The molecule has 0 saturated heterocycles. The van der Waals surface area contributed by atoms with Crippen molar-refractivity contribution in [3.63, 3.8) is 0 Å². The van der Waals surface area contributed by atoms with Gasteiger partial charge in [-0.3, -0.25) is 0 Å². The fraction of sp³-hybridized carbons (Fsp3) is 1.00. The van der Waals surface area contributed by atoms with E-state index in [9.17, 15) is 0 Å². The lowest BCUT2D eigenvalue weighted by molar-refractivity contribution is -0.0375. The Balaban J connectivity index is 3.63. The van der Waals surface area contributed by atoms with Crippen molar-refractivity contribution in [3.05, 3.63) is 0 Å².